The number of carbonyl (C=O) groups excluding carboxylic acids is 2. The van der Waals surface area contributed by atoms with Crippen LogP contribution in [0.25, 0.3) is 0 Å². The minimum Gasteiger partial charge on any atom is -0.493 e. The van der Waals surface area contributed by atoms with Gasteiger partial charge in [0.25, 0.3) is 0 Å². The third-order valence-corrected chi connectivity index (χ3v) is 3.10. The Kier molecular flexibility index (Phi) is 4.20. The first-order valence-electron chi connectivity index (χ1n) is 6.62. The Balaban J connectivity index is 2.01. The number of hydrogen-bond acceptors (Lipinski definition) is 3. The van der Waals surface area contributed by atoms with Crippen molar-refractivity contribution in [3.63, 3.8) is 0 Å². The zero-order valence-electron chi connectivity index (χ0n) is 11.3. The SMILES string of the molecule is CC(C)COc1ccc(C2CCC(=O)NC2=O)cc1. The number of nitrogens with one attached hydrogen (secondary N) is 1. The van der Waals surface area contributed by atoms with Gasteiger partial charge in [0.1, 0.15) is 5.75 Å². The van der Waals surface area contributed by atoms with E-state index in [0.29, 0.717) is 25.4 Å². The second-order valence-electron chi connectivity index (χ2n) is 5.28. The smallest absolute Gasteiger partial charge is 0.234 e. The Morgan fingerprint density at radius 1 is 1.26 bits per heavy atom. The summed E-state index contributed by atoms with van der Waals surface area (Å²) in [5, 5.41) is 2.37. The normalized spacial score (nSPS) is 19.4. The minimum atomic E-state index is -0.225. The predicted octanol–water partition coefficient (Wildman–Crippen LogP) is 2.24. The van der Waals surface area contributed by atoms with E-state index in [9.17, 15) is 9.59 Å². The van der Waals surface area contributed by atoms with Crippen molar-refractivity contribution in [1.29, 1.82) is 0 Å². The molecule has 1 unspecified atom stereocenters. The molecule has 2 rings (SSSR count). The molecule has 19 heavy (non-hydrogen) atoms. The molecule has 4 heteroatoms. The number of carbonyl (C=O) groups is 2. The van der Waals surface area contributed by atoms with Gasteiger partial charge in [0.05, 0.1) is 12.5 Å². The van der Waals surface area contributed by atoms with Gasteiger partial charge in [-0.25, -0.2) is 0 Å². The van der Waals surface area contributed by atoms with Crippen LogP contribution < -0.4 is 10.1 Å². The summed E-state index contributed by atoms with van der Waals surface area (Å²) in [6, 6.07) is 7.55. The minimum absolute atomic E-state index is 0.182. The van der Waals surface area contributed by atoms with Crippen molar-refractivity contribution in [1.82, 2.24) is 5.32 Å². The standard InChI is InChI=1S/C15H19NO3/c1-10(2)9-19-12-5-3-11(4-6-12)13-7-8-14(17)16-15(13)18/h3-6,10,13H,7-9H2,1-2H3,(H,16,17,18). The molecule has 1 N–H and O–H groups in total. The van der Waals surface area contributed by atoms with E-state index in [1.165, 1.54) is 0 Å². The van der Waals surface area contributed by atoms with Crippen molar-refractivity contribution in [3.05, 3.63) is 29.8 Å². The lowest BCUT2D eigenvalue weighted by molar-refractivity contribution is -0.134. The van der Waals surface area contributed by atoms with Crippen molar-refractivity contribution in [2.75, 3.05) is 6.61 Å². The summed E-state index contributed by atoms with van der Waals surface area (Å²) in [5.41, 5.74) is 0.932. The number of rotatable bonds is 4. The summed E-state index contributed by atoms with van der Waals surface area (Å²) < 4.78 is 5.60. The molecule has 1 saturated heterocycles. The van der Waals surface area contributed by atoms with Crippen LogP contribution in [0.15, 0.2) is 24.3 Å². The second kappa shape index (κ2) is 5.87. The largest absolute Gasteiger partial charge is 0.493 e. The van der Waals surface area contributed by atoms with Crippen LogP contribution in [0.2, 0.25) is 0 Å². The van der Waals surface area contributed by atoms with E-state index < -0.39 is 0 Å². The third-order valence-electron chi connectivity index (χ3n) is 3.10. The number of ether oxygens (including phenoxy) is 1. The van der Waals surface area contributed by atoms with Gasteiger partial charge in [-0.3, -0.25) is 14.9 Å². The van der Waals surface area contributed by atoms with Gasteiger partial charge in [-0.15, -0.1) is 0 Å². The lowest BCUT2D eigenvalue weighted by atomic mass is 9.90. The molecule has 4 nitrogen and oxygen atoms in total. The van der Waals surface area contributed by atoms with Crippen LogP contribution in [0.4, 0.5) is 0 Å². The van der Waals surface area contributed by atoms with Crippen molar-refractivity contribution >= 4 is 11.8 Å². The molecule has 1 fully saturated rings. The number of imide groups is 1. The van der Waals surface area contributed by atoms with E-state index in [0.717, 1.165) is 11.3 Å². The van der Waals surface area contributed by atoms with E-state index in [1.807, 2.05) is 24.3 Å². The summed E-state index contributed by atoms with van der Waals surface area (Å²) in [6.07, 6.45) is 0.985. The van der Waals surface area contributed by atoms with Crippen LogP contribution in [0, 0.1) is 5.92 Å². The number of benzene rings is 1. The summed E-state index contributed by atoms with van der Waals surface area (Å²) >= 11 is 0. The lowest BCUT2D eigenvalue weighted by Gasteiger charge is -2.21. The van der Waals surface area contributed by atoms with Gasteiger partial charge in [0, 0.05) is 6.42 Å². The maximum Gasteiger partial charge on any atom is 0.234 e. The molecule has 0 spiro atoms. The van der Waals surface area contributed by atoms with Gasteiger partial charge in [-0.2, -0.15) is 0 Å². The molecular weight excluding hydrogens is 242 g/mol. The molecule has 0 aromatic heterocycles. The van der Waals surface area contributed by atoms with Crippen molar-refractivity contribution in [2.24, 2.45) is 5.92 Å². The van der Waals surface area contributed by atoms with Crippen LogP contribution in [0.5, 0.6) is 5.75 Å². The molecule has 0 saturated carbocycles. The Morgan fingerprint density at radius 2 is 1.95 bits per heavy atom. The highest BCUT2D eigenvalue weighted by atomic mass is 16.5. The molecular formula is C15H19NO3. The van der Waals surface area contributed by atoms with E-state index in [-0.39, 0.29) is 17.7 Å². The molecule has 1 aromatic rings. The molecule has 0 aliphatic carbocycles. The molecule has 1 aliphatic rings. The topological polar surface area (TPSA) is 55.4 Å². The van der Waals surface area contributed by atoms with Crippen LogP contribution in [0.1, 0.15) is 38.2 Å². The zero-order chi connectivity index (χ0) is 13.8. The quantitative estimate of drug-likeness (QED) is 0.846. The first kappa shape index (κ1) is 13.6. The Labute approximate surface area is 113 Å². The highest BCUT2D eigenvalue weighted by Crippen LogP contribution is 2.26. The van der Waals surface area contributed by atoms with E-state index in [1.54, 1.807) is 0 Å². The summed E-state index contributed by atoms with van der Waals surface area (Å²) in [7, 11) is 0. The van der Waals surface area contributed by atoms with E-state index in [4.69, 9.17) is 4.74 Å². The Hall–Kier alpha value is -1.84. The molecule has 2 amide bonds. The summed E-state index contributed by atoms with van der Waals surface area (Å²) in [4.78, 5) is 22.8. The monoisotopic (exact) mass is 261 g/mol. The summed E-state index contributed by atoms with van der Waals surface area (Å²) in [6.45, 7) is 4.87. The maximum absolute atomic E-state index is 11.7. The average molecular weight is 261 g/mol. The van der Waals surface area contributed by atoms with Gasteiger partial charge < -0.3 is 4.74 Å². The number of amides is 2. The van der Waals surface area contributed by atoms with Crippen LogP contribution in [0.3, 0.4) is 0 Å². The summed E-state index contributed by atoms with van der Waals surface area (Å²) in [5.74, 6) is 0.682. The van der Waals surface area contributed by atoms with E-state index in [2.05, 4.69) is 19.2 Å². The highest BCUT2D eigenvalue weighted by Gasteiger charge is 2.27. The van der Waals surface area contributed by atoms with Crippen LogP contribution >= 0.6 is 0 Å². The zero-order valence-corrected chi connectivity index (χ0v) is 11.3. The molecule has 1 aromatic carbocycles. The maximum atomic E-state index is 11.7. The molecule has 1 heterocycles. The van der Waals surface area contributed by atoms with Crippen LogP contribution in [-0.2, 0) is 9.59 Å². The van der Waals surface area contributed by atoms with Gasteiger partial charge in [0.15, 0.2) is 0 Å². The molecule has 1 aliphatic heterocycles. The first-order valence-corrected chi connectivity index (χ1v) is 6.62. The molecule has 0 radical (unpaired) electrons. The van der Waals surface area contributed by atoms with Crippen LogP contribution in [-0.4, -0.2) is 18.4 Å². The second-order valence-corrected chi connectivity index (χ2v) is 5.28. The number of hydrogen-bond donors (Lipinski definition) is 1. The van der Waals surface area contributed by atoms with Gasteiger partial charge >= 0.3 is 0 Å². The number of piperidine rings is 1. The van der Waals surface area contributed by atoms with Gasteiger partial charge in [-0.05, 0) is 30.0 Å². The fourth-order valence-corrected chi connectivity index (χ4v) is 2.07. The van der Waals surface area contributed by atoms with Crippen molar-refractivity contribution in [2.45, 2.75) is 32.6 Å². The Morgan fingerprint density at radius 3 is 2.53 bits per heavy atom. The molecule has 1 atom stereocenters. The van der Waals surface area contributed by atoms with Gasteiger partial charge in [-0.1, -0.05) is 26.0 Å². The van der Waals surface area contributed by atoms with E-state index >= 15 is 0 Å². The molecule has 0 bridgehead atoms. The predicted molar refractivity (Wildman–Crippen MR) is 71.9 cm³/mol. The van der Waals surface area contributed by atoms with Crippen molar-refractivity contribution < 1.29 is 14.3 Å². The third kappa shape index (κ3) is 3.56. The average Bonchev–Trinajstić information content (AvgIpc) is 2.37. The van der Waals surface area contributed by atoms with Crippen molar-refractivity contribution in [3.8, 4) is 5.75 Å². The molecule has 102 valence electrons. The lowest BCUT2D eigenvalue weighted by Crippen LogP contribution is -2.39. The highest BCUT2D eigenvalue weighted by molar-refractivity contribution is 6.00. The Bertz CT molecular complexity index is 465. The van der Waals surface area contributed by atoms with Gasteiger partial charge in [0.2, 0.25) is 11.8 Å². The first-order chi connectivity index (χ1) is 9.06. The fourth-order valence-electron chi connectivity index (χ4n) is 2.07. The fraction of sp³-hybridized carbons (Fsp3) is 0.467.